The third-order valence-corrected chi connectivity index (χ3v) is 12.2. The van der Waals surface area contributed by atoms with E-state index in [1.165, 1.54) is 38.1 Å². The fraction of sp³-hybridized carbons (Fsp3) is 0. The molecule has 0 amide bonds. The van der Waals surface area contributed by atoms with Gasteiger partial charge in [0.15, 0.2) is 5.82 Å². The summed E-state index contributed by atoms with van der Waals surface area (Å²) in [5.41, 5.74) is 14.0. The lowest BCUT2D eigenvalue weighted by atomic mass is 9.89. The Kier molecular flexibility index (Phi) is 8.50. The number of pyridine rings is 1. The van der Waals surface area contributed by atoms with Crippen LogP contribution >= 0.6 is 0 Å². The molecule has 10 aromatic carbocycles. The number of nitrogens with zero attached hydrogens (tertiary/aromatic N) is 3. The van der Waals surface area contributed by atoms with Crippen molar-refractivity contribution in [3.8, 4) is 67.3 Å². The van der Waals surface area contributed by atoms with Crippen molar-refractivity contribution < 1.29 is 0 Å². The van der Waals surface area contributed by atoms with Crippen LogP contribution in [-0.4, -0.2) is 15.0 Å². The highest BCUT2D eigenvalue weighted by atomic mass is 14.9. The molecule has 0 atom stereocenters. The molecule has 0 aliphatic rings. The molecule has 0 bridgehead atoms. The van der Waals surface area contributed by atoms with E-state index in [0.29, 0.717) is 5.82 Å². The molecule has 0 aliphatic carbocycles. The van der Waals surface area contributed by atoms with Crippen molar-refractivity contribution in [1.29, 1.82) is 0 Å². The van der Waals surface area contributed by atoms with Crippen LogP contribution in [0.4, 0.5) is 0 Å². The molecule has 2 aromatic heterocycles. The van der Waals surface area contributed by atoms with Gasteiger partial charge in [-0.1, -0.05) is 194 Å². The first-order valence-electron chi connectivity index (χ1n) is 21.1. The smallest absolute Gasteiger partial charge is 0.160 e. The molecule has 0 N–H and O–H groups in total. The molecule has 0 aliphatic heterocycles. The van der Waals surface area contributed by atoms with Gasteiger partial charge in [-0.3, -0.25) is 0 Å². The van der Waals surface area contributed by atoms with E-state index in [9.17, 15) is 0 Å². The van der Waals surface area contributed by atoms with Crippen LogP contribution in [0.25, 0.3) is 121 Å². The van der Waals surface area contributed by atoms with Crippen molar-refractivity contribution in [1.82, 2.24) is 15.0 Å². The second-order valence-corrected chi connectivity index (χ2v) is 15.9. The van der Waals surface area contributed by atoms with Crippen molar-refractivity contribution in [2.45, 2.75) is 0 Å². The van der Waals surface area contributed by atoms with Crippen LogP contribution in [0.5, 0.6) is 0 Å². The van der Waals surface area contributed by atoms with Gasteiger partial charge in [-0.25, -0.2) is 15.0 Å². The summed E-state index contributed by atoms with van der Waals surface area (Å²) < 4.78 is 0. The summed E-state index contributed by atoms with van der Waals surface area (Å²) in [5.74, 6) is 0.708. The Balaban J connectivity index is 0.923. The zero-order chi connectivity index (χ0) is 41.0. The Bertz CT molecular complexity index is 3670. The van der Waals surface area contributed by atoms with Gasteiger partial charge in [0.2, 0.25) is 0 Å². The summed E-state index contributed by atoms with van der Waals surface area (Å²) in [7, 11) is 0. The van der Waals surface area contributed by atoms with E-state index in [2.05, 4.69) is 212 Å². The molecule has 288 valence electrons. The SMILES string of the molecule is c1ccc(-c2cccc(-c3nc(-c4ccc(-c5ccc(-c6cc7c(-c8ccc9ccccc9c8)nc8ccccc8c7c7ccccc67)cc5)cc4)nc4ccccc34)c2)cc1. The fourth-order valence-corrected chi connectivity index (χ4v) is 9.17. The maximum atomic E-state index is 5.35. The second kappa shape index (κ2) is 14.8. The lowest BCUT2D eigenvalue weighted by molar-refractivity contribution is 1.23. The van der Waals surface area contributed by atoms with Gasteiger partial charge in [0.1, 0.15) is 0 Å². The number of fused-ring (bicyclic) bond motifs is 7. The van der Waals surface area contributed by atoms with Crippen molar-refractivity contribution in [3.05, 3.63) is 224 Å². The minimum absolute atomic E-state index is 0.708. The first-order chi connectivity index (χ1) is 30.7. The highest BCUT2D eigenvalue weighted by Gasteiger charge is 2.18. The molecular weight excluding hydrogens is 751 g/mol. The number of hydrogen-bond donors (Lipinski definition) is 0. The molecule has 12 aromatic rings. The lowest BCUT2D eigenvalue weighted by Crippen LogP contribution is -1.95. The van der Waals surface area contributed by atoms with E-state index in [-0.39, 0.29) is 0 Å². The predicted molar refractivity (Wildman–Crippen MR) is 260 cm³/mol. The van der Waals surface area contributed by atoms with E-state index < -0.39 is 0 Å². The minimum atomic E-state index is 0.708. The normalized spacial score (nSPS) is 11.5. The molecule has 2 heterocycles. The maximum absolute atomic E-state index is 5.35. The Morgan fingerprint density at radius 2 is 0.758 bits per heavy atom. The van der Waals surface area contributed by atoms with Crippen LogP contribution in [0.1, 0.15) is 0 Å². The average Bonchev–Trinajstić information content (AvgIpc) is 3.35. The van der Waals surface area contributed by atoms with Gasteiger partial charge in [-0.15, -0.1) is 0 Å². The van der Waals surface area contributed by atoms with Gasteiger partial charge in [0.25, 0.3) is 0 Å². The Hall–Kier alpha value is -8.27. The zero-order valence-corrected chi connectivity index (χ0v) is 33.7. The standard InChI is InChI=1S/C59H37N3/c1-2-13-38(14-3-1)45-17-12-18-46(35-45)57-51-22-9-11-24-55(51)61-59(62-57)43-32-27-41(28-33-43)40-25-30-42(31-26-40)52-37-53-56(49-20-7-6-19-48(49)52)50-21-8-10-23-54(50)60-58(53)47-34-29-39-15-4-5-16-44(39)36-47/h1-37H. The summed E-state index contributed by atoms with van der Waals surface area (Å²) in [6, 6.07) is 79.9. The van der Waals surface area contributed by atoms with Crippen LogP contribution in [0, 0.1) is 0 Å². The topological polar surface area (TPSA) is 38.7 Å². The molecule has 0 unspecified atom stereocenters. The van der Waals surface area contributed by atoms with E-state index in [0.717, 1.165) is 77.5 Å². The Labute approximate surface area is 359 Å². The Morgan fingerprint density at radius 1 is 0.242 bits per heavy atom. The van der Waals surface area contributed by atoms with Crippen LogP contribution in [0.2, 0.25) is 0 Å². The third kappa shape index (κ3) is 6.18. The highest BCUT2D eigenvalue weighted by Crippen LogP contribution is 2.42. The van der Waals surface area contributed by atoms with Gasteiger partial charge in [-0.05, 0) is 85.3 Å². The van der Waals surface area contributed by atoms with Crippen LogP contribution in [0.15, 0.2) is 224 Å². The van der Waals surface area contributed by atoms with Gasteiger partial charge >= 0.3 is 0 Å². The number of benzene rings is 10. The quantitative estimate of drug-likeness (QED) is 0.158. The average molecular weight is 788 g/mol. The molecule has 0 spiro atoms. The number of hydrogen-bond acceptors (Lipinski definition) is 3. The minimum Gasteiger partial charge on any atom is -0.247 e. The summed E-state index contributed by atoms with van der Waals surface area (Å²) >= 11 is 0. The van der Waals surface area contributed by atoms with Crippen molar-refractivity contribution in [2.75, 3.05) is 0 Å². The van der Waals surface area contributed by atoms with Crippen molar-refractivity contribution >= 4 is 54.1 Å². The Morgan fingerprint density at radius 3 is 1.53 bits per heavy atom. The molecule has 0 saturated heterocycles. The van der Waals surface area contributed by atoms with E-state index >= 15 is 0 Å². The molecular formula is C59H37N3. The highest BCUT2D eigenvalue weighted by molar-refractivity contribution is 6.25. The number of rotatable bonds is 6. The first kappa shape index (κ1) is 35.7. The van der Waals surface area contributed by atoms with E-state index in [1.54, 1.807) is 0 Å². The zero-order valence-electron chi connectivity index (χ0n) is 33.7. The molecule has 0 radical (unpaired) electrons. The van der Waals surface area contributed by atoms with E-state index in [1.807, 2.05) is 12.1 Å². The van der Waals surface area contributed by atoms with Gasteiger partial charge < -0.3 is 0 Å². The largest absolute Gasteiger partial charge is 0.247 e. The van der Waals surface area contributed by atoms with Crippen molar-refractivity contribution in [3.63, 3.8) is 0 Å². The predicted octanol–water partition coefficient (Wildman–Crippen LogP) is 15.6. The summed E-state index contributed by atoms with van der Waals surface area (Å²) in [4.78, 5) is 15.6. The van der Waals surface area contributed by atoms with Gasteiger partial charge in [0.05, 0.1) is 22.4 Å². The lowest BCUT2D eigenvalue weighted by Gasteiger charge is -2.16. The monoisotopic (exact) mass is 787 g/mol. The molecule has 62 heavy (non-hydrogen) atoms. The van der Waals surface area contributed by atoms with Crippen LogP contribution in [0.3, 0.4) is 0 Å². The number of para-hydroxylation sites is 2. The number of aromatic nitrogens is 3. The van der Waals surface area contributed by atoms with Crippen molar-refractivity contribution in [2.24, 2.45) is 0 Å². The summed E-state index contributed by atoms with van der Waals surface area (Å²) in [6.45, 7) is 0. The second-order valence-electron chi connectivity index (χ2n) is 15.9. The maximum Gasteiger partial charge on any atom is 0.160 e. The van der Waals surface area contributed by atoms with Gasteiger partial charge in [-0.2, -0.15) is 0 Å². The summed E-state index contributed by atoms with van der Waals surface area (Å²) in [5, 5.41) is 9.45. The molecule has 3 nitrogen and oxygen atoms in total. The fourth-order valence-electron chi connectivity index (χ4n) is 9.17. The molecule has 0 fully saturated rings. The van der Waals surface area contributed by atoms with Gasteiger partial charge in [0, 0.05) is 38.2 Å². The van der Waals surface area contributed by atoms with E-state index in [4.69, 9.17) is 15.0 Å². The molecule has 12 rings (SSSR count). The molecule has 0 saturated carbocycles. The third-order valence-electron chi connectivity index (χ3n) is 12.2. The molecule has 3 heteroatoms. The first-order valence-corrected chi connectivity index (χ1v) is 21.1. The van der Waals surface area contributed by atoms with Crippen LogP contribution < -0.4 is 0 Å². The summed E-state index contributed by atoms with van der Waals surface area (Å²) in [6.07, 6.45) is 0. The van der Waals surface area contributed by atoms with Crippen LogP contribution in [-0.2, 0) is 0 Å².